The number of ether oxygens (including phenoxy) is 1. The second kappa shape index (κ2) is 9.45. The number of hydrogen-bond donors (Lipinski definition) is 2. The van der Waals surface area contributed by atoms with Crippen LogP contribution in [-0.2, 0) is 28.7 Å². The van der Waals surface area contributed by atoms with Gasteiger partial charge in [0.15, 0.2) is 0 Å². The smallest absolute Gasteiger partial charge is 0.335 e. The molecule has 5 aliphatic rings. The van der Waals surface area contributed by atoms with Gasteiger partial charge in [-0.15, -0.1) is 0 Å². The largest absolute Gasteiger partial charge is 0.478 e. The molecular formula is C31H26N2O10. The van der Waals surface area contributed by atoms with E-state index in [2.05, 4.69) is 0 Å². The molecule has 0 spiro atoms. The first-order valence-corrected chi connectivity index (χ1v) is 13.7. The second-order valence-corrected chi connectivity index (χ2v) is 11.3. The predicted molar refractivity (Wildman–Crippen MR) is 147 cm³/mol. The summed E-state index contributed by atoms with van der Waals surface area (Å²) < 4.78 is 5.36. The Morgan fingerprint density at radius 2 is 1.12 bits per heavy atom. The molecule has 3 aliphatic carbocycles. The highest BCUT2D eigenvalue weighted by Crippen LogP contribution is 2.68. The van der Waals surface area contributed by atoms with Crippen LogP contribution in [0.25, 0.3) is 0 Å². The summed E-state index contributed by atoms with van der Waals surface area (Å²) in [6, 6.07) is 10.4. The Morgan fingerprint density at radius 1 is 0.721 bits per heavy atom. The number of benzene rings is 2. The molecule has 0 radical (unpaired) electrons. The molecule has 4 amide bonds. The fourth-order valence-electron chi connectivity index (χ4n) is 7.82. The van der Waals surface area contributed by atoms with Crippen LogP contribution in [0, 0.1) is 35.0 Å². The van der Waals surface area contributed by atoms with Crippen LogP contribution in [-0.4, -0.2) is 58.4 Å². The summed E-state index contributed by atoms with van der Waals surface area (Å²) in [5.41, 5.74) is -0.933. The highest BCUT2D eigenvalue weighted by Gasteiger charge is 2.77. The van der Waals surface area contributed by atoms with Crippen molar-refractivity contribution in [1.29, 1.82) is 0 Å². The number of hydrogen-bond acceptors (Lipinski definition) is 8. The van der Waals surface area contributed by atoms with Crippen LogP contribution >= 0.6 is 0 Å². The number of esters is 1. The zero-order valence-corrected chi connectivity index (χ0v) is 23.3. The van der Waals surface area contributed by atoms with E-state index in [0.717, 1.165) is 9.80 Å². The van der Waals surface area contributed by atoms with Gasteiger partial charge in [0.1, 0.15) is 0 Å². The molecule has 220 valence electrons. The van der Waals surface area contributed by atoms with Crippen molar-refractivity contribution in [2.45, 2.75) is 20.8 Å². The number of imide groups is 2. The first kappa shape index (κ1) is 28.0. The molecule has 2 aliphatic heterocycles. The van der Waals surface area contributed by atoms with Crippen LogP contribution in [0.2, 0.25) is 0 Å². The minimum atomic E-state index is -1.61. The van der Waals surface area contributed by atoms with Gasteiger partial charge in [0.2, 0.25) is 23.6 Å². The van der Waals surface area contributed by atoms with E-state index in [1.807, 2.05) is 0 Å². The van der Waals surface area contributed by atoms with Gasteiger partial charge in [0.05, 0.1) is 52.8 Å². The molecule has 6 atom stereocenters. The number of rotatable bonds is 6. The van der Waals surface area contributed by atoms with Crippen LogP contribution in [0.15, 0.2) is 59.7 Å². The number of anilines is 2. The van der Waals surface area contributed by atoms with Crippen LogP contribution < -0.4 is 9.80 Å². The number of allylic oxidation sites excluding steroid dienone is 1. The van der Waals surface area contributed by atoms with E-state index in [-0.39, 0.29) is 34.7 Å². The van der Waals surface area contributed by atoms with Gasteiger partial charge in [-0.1, -0.05) is 12.5 Å². The average Bonchev–Trinajstić information content (AvgIpc) is 3.39. The van der Waals surface area contributed by atoms with Crippen molar-refractivity contribution in [3.05, 3.63) is 70.8 Å². The number of carbonyl (C=O) groups is 7. The van der Waals surface area contributed by atoms with Gasteiger partial charge in [-0.25, -0.2) is 14.4 Å². The Hall–Kier alpha value is -5.13. The Kier molecular flexibility index (Phi) is 6.15. The zero-order chi connectivity index (χ0) is 31.1. The standard InChI is InChI=1S/C31H26N2O10/c1-4-43-30(42)21-13(2)18-19-22(26(36)32(24(19)34)16-9-5-14(6-10-16)28(38)39)31(21,3)23-20(18)25(35)33(27(23)37)17-11-7-15(8-12-17)29(40)41/h5-12,18-20,22-23H,4H2,1-3H3,(H,38,39)(H,40,41)/t18?,19-,20+,22-,23+,31?. The maximum atomic E-state index is 14.2. The molecule has 2 unspecified atom stereocenters. The van der Waals surface area contributed by atoms with Gasteiger partial charge in [0, 0.05) is 16.9 Å². The predicted octanol–water partition coefficient (Wildman–Crippen LogP) is 2.52. The van der Waals surface area contributed by atoms with Gasteiger partial charge in [-0.3, -0.25) is 29.0 Å². The molecule has 12 nitrogen and oxygen atoms in total. The first-order valence-electron chi connectivity index (χ1n) is 13.7. The SMILES string of the molecule is CCOC(=O)C1=C(C)C2[C@H]3C(=O)N(c4ccc(C(=O)O)cc4)C(=O)[C@@H]3C1(C)[C@@H]1C(=O)N(c3ccc(C(=O)O)cc3)C(=O)[C@@H]21. The Bertz CT molecular complexity index is 1590. The van der Waals surface area contributed by atoms with Crippen molar-refractivity contribution >= 4 is 52.9 Å². The van der Waals surface area contributed by atoms with Crippen LogP contribution in [0.1, 0.15) is 41.5 Å². The van der Waals surface area contributed by atoms with Gasteiger partial charge < -0.3 is 14.9 Å². The van der Waals surface area contributed by atoms with E-state index in [1.54, 1.807) is 20.8 Å². The van der Waals surface area contributed by atoms with Gasteiger partial charge in [-0.2, -0.15) is 0 Å². The summed E-state index contributed by atoms with van der Waals surface area (Å²) in [5, 5.41) is 18.5. The summed E-state index contributed by atoms with van der Waals surface area (Å²) in [7, 11) is 0. The molecule has 43 heavy (non-hydrogen) atoms. The highest BCUT2D eigenvalue weighted by atomic mass is 16.5. The molecule has 2 heterocycles. The van der Waals surface area contributed by atoms with E-state index >= 15 is 0 Å². The van der Waals surface area contributed by atoms with Gasteiger partial charge >= 0.3 is 17.9 Å². The van der Waals surface area contributed by atoms with Gasteiger partial charge in [-0.05, 0) is 62.4 Å². The monoisotopic (exact) mass is 586 g/mol. The Morgan fingerprint density at radius 3 is 1.47 bits per heavy atom. The number of carboxylic acids is 2. The molecule has 7 rings (SSSR count). The lowest BCUT2D eigenvalue weighted by molar-refractivity contribution is -0.155. The van der Waals surface area contributed by atoms with Crippen LogP contribution in [0.5, 0.6) is 0 Å². The lowest BCUT2D eigenvalue weighted by atomic mass is 9.43. The molecule has 2 N–H and O–H groups in total. The summed E-state index contributed by atoms with van der Waals surface area (Å²) in [6.45, 7) is 4.80. The number of nitrogens with zero attached hydrogens (tertiary/aromatic N) is 2. The molecule has 2 saturated heterocycles. The van der Waals surface area contributed by atoms with Crippen molar-refractivity contribution in [3.63, 3.8) is 0 Å². The molecule has 3 fully saturated rings. The van der Waals surface area contributed by atoms with E-state index < -0.39 is 76.5 Å². The first-order chi connectivity index (χ1) is 20.4. The molecule has 12 heteroatoms. The highest BCUT2D eigenvalue weighted by molar-refractivity contribution is 6.27. The van der Waals surface area contributed by atoms with Crippen molar-refractivity contribution in [2.75, 3.05) is 16.4 Å². The molecule has 1 saturated carbocycles. The Balaban J connectivity index is 1.49. The maximum absolute atomic E-state index is 14.2. The minimum Gasteiger partial charge on any atom is -0.478 e. The summed E-state index contributed by atoms with van der Waals surface area (Å²) in [6.07, 6.45) is 0. The van der Waals surface area contributed by atoms with E-state index in [1.165, 1.54) is 48.5 Å². The van der Waals surface area contributed by atoms with Crippen molar-refractivity contribution in [3.8, 4) is 0 Å². The number of carboxylic acid groups (broad SMARTS) is 2. The molecular weight excluding hydrogens is 560 g/mol. The van der Waals surface area contributed by atoms with E-state index in [9.17, 15) is 43.8 Å². The second-order valence-electron chi connectivity index (χ2n) is 11.3. The van der Waals surface area contributed by atoms with E-state index in [0.29, 0.717) is 5.57 Å². The quantitative estimate of drug-likeness (QED) is 0.378. The lowest BCUT2D eigenvalue weighted by Gasteiger charge is -2.55. The van der Waals surface area contributed by atoms with Crippen LogP contribution in [0.4, 0.5) is 11.4 Å². The lowest BCUT2D eigenvalue weighted by Crippen LogP contribution is -2.61. The topological polar surface area (TPSA) is 176 Å². The summed E-state index contributed by atoms with van der Waals surface area (Å²) in [5.74, 6) is -11.1. The number of carbonyl (C=O) groups excluding carboxylic acids is 5. The zero-order valence-electron chi connectivity index (χ0n) is 23.3. The Labute approximate surface area is 244 Å². The third-order valence-electron chi connectivity index (χ3n) is 9.43. The summed E-state index contributed by atoms with van der Waals surface area (Å²) >= 11 is 0. The minimum absolute atomic E-state index is 0.0163. The normalized spacial score (nSPS) is 29.2. The average molecular weight is 587 g/mol. The van der Waals surface area contributed by atoms with Crippen molar-refractivity contribution in [2.24, 2.45) is 35.0 Å². The third kappa shape index (κ3) is 3.58. The van der Waals surface area contributed by atoms with Gasteiger partial charge in [0.25, 0.3) is 0 Å². The molecule has 2 bridgehead atoms. The third-order valence-corrected chi connectivity index (χ3v) is 9.43. The van der Waals surface area contributed by atoms with Crippen molar-refractivity contribution < 1.29 is 48.5 Å². The van der Waals surface area contributed by atoms with Crippen molar-refractivity contribution in [1.82, 2.24) is 0 Å². The number of amides is 4. The van der Waals surface area contributed by atoms with Crippen LogP contribution in [0.3, 0.4) is 0 Å². The fourth-order valence-corrected chi connectivity index (χ4v) is 7.82. The van der Waals surface area contributed by atoms with E-state index in [4.69, 9.17) is 4.74 Å². The number of aromatic carboxylic acids is 2. The molecule has 2 aromatic rings. The fraction of sp³-hybridized carbons (Fsp3) is 0.323. The summed E-state index contributed by atoms with van der Waals surface area (Å²) in [4.78, 5) is 94.5. The molecule has 0 aromatic heterocycles. The molecule has 2 aromatic carbocycles. The maximum Gasteiger partial charge on any atom is 0.335 e.